The van der Waals surface area contributed by atoms with E-state index in [-0.39, 0.29) is 0 Å². The van der Waals surface area contributed by atoms with Gasteiger partial charge in [-0.05, 0) is 58.8 Å². The zero-order chi connectivity index (χ0) is 13.0. The lowest BCUT2D eigenvalue weighted by Gasteiger charge is -2.18. The fraction of sp³-hybridized carbons (Fsp3) is 0.571. The first-order valence-corrected chi connectivity index (χ1v) is 7.26. The van der Waals surface area contributed by atoms with Crippen molar-refractivity contribution in [2.75, 3.05) is 13.7 Å². The lowest BCUT2D eigenvalue weighted by molar-refractivity contribution is 0.140. The highest BCUT2D eigenvalue weighted by Gasteiger charge is 2.18. The molecule has 3 nitrogen and oxygen atoms in total. The standard InChI is InChI=1S/C14H20BrNO2/c1-17-14-12(7-8-18-16)11-6-4-2-3-5-10(11)9-13(14)15/h9H,2-8,16H2,1H3. The lowest BCUT2D eigenvalue weighted by Crippen LogP contribution is -2.09. The second kappa shape index (κ2) is 6.55. The van der Waals surface area contributed by atoms with Gasteiger partial charge in [0.2, 0.25) is 0 Å². The van der Waals surface area contributed by atoms with Gasteiger partial charge in [0, 0.05) is 12.0 Å². The van der Waals surface area contributed by atoms with Crippen molar-refractivity contribution in [2.24, 2.45) is 5.90 Å². The number of ether oxygens (including phenoxy) is 1. The first-order valence-electron chi connectivity index (χ1n) is 6.46. The molecule has 18 heavy (non-hydrogen) atoms. The smallest absolute Gasteiger partial charge is 0.136 e. The Bertz CT molecular complexity index is 421. The second-order valence-corrected chi connectivity index (χ2v) is 5.54. The fourth-order valence-electron chi connectivity index (χ4n) is 2.76. The minimum atomic E-state index is 0.527. The van der Waals surface area contributed by atoms with Crippen LogP contribution in [0.3, 0.4) is 0 Å². The number of methoxy groups -OCH3 is 1. The summed E-state index contributed by atoms with van der Waals surface area (Å²) in [6.07, 6.45) is 6.95. The zero-order valence-corrected chi connectivity index (χ0v) is 12.4. The number of aryl methyl sites for hydroxylation is 1. The molecule has 2 rings (SSSR count). The lowest BCUT2D eigenvalue weighted by atomic mass is 9.94. The average molecular weight is 314 g/mol. The molecule has 0 saturated carbocycles. The molecule has 0 heterocycles. The molecule has 1 aliphatic rings. The van der Waals surface area contributed by atoms with Gasteiger partial charge in [0.1, 0.15) is 5.75 Å². The van der Waals surface area contributed by atoms with Gasteiger partial charge in [-0.15, -0.1) is 0 Å². The summed E-state index contributed by atoms with van der Waals surface area (Å²) in [7, 11) is 1.72. The third kappa shape index (κ3) is 2.87. The maximum atomic E-state index is 5.54. The van der Waals surface area contributed by atoms with Crippen molar-refractivity contribution in [3.05, 3.63) is 27.2 Å². The monoisotopic (exact) mass is 313 g/mol. The van der Waals surface area contributed by atoms with Crippen LogP contribution in [0.1, 0.15) is 36.0 Å². The third-order valence-corrected chi connectivity index (χ3v) is 4.18. The van der Waals surface area contributed by atoms with E-state index in [4.69, 9.17) is 15.5 Å². The van der Waals surface area contributed by atoms with E-state index in [9.17, 15) is 0 Å². The van der Waals surface area contributed by atoms with Crippen molar-refractivity contribution >= 4 is 15.9 Å². The number of benzene rings is 1. The van der Waals surface area contributed by atoms with Crippen molar-refractivity contribution < 1.29 is 9.57 Å². The molecule has 0 aliphatic heterocycles. The van der Waals surface area contributed by atoms with E-state index < -0.39 is 0 Å². The van der Waals surface area contributed by atoms with Gasteiger partial charge in [-0.3, -0.25) is 0 Å². The third-order valence-electron chi connectivity index (χ3n) is 3.59. The van der Waals surface area contributed by atoms with Crippen LogP contribution in [0, 0.1) is 0 Å². The molecular formula is C14H20BrNO2. The summed E-state index contributed by atoms with van der Waals surface area (Å²) in [4.78, 5) is 4.74. The Kier molecular flexibility index (Phi) is 5.03. The summed E-state index contributed by atoms with van der Waals surface area (Å²) in [6, 6.07) is 2.21. The second-order valence-electron chi connectivity index (χ2n) is 4.69. The van der Waals surface area contributed by atoms with E-state index in [1.165, 1.54) is 36.0 Å². The summed E-state index contributed by atoms with van der Waals surface area (Å²) < 4.78 is 6.58. The predicted molar refractivity (Wildman–Crippen MR) is 75.8 cm³/mol. The molecule has 0 spiro atoms. The molecule has 0 atom stereocenters. The number of rotatable bonds is 4. The van der Waals surface area contributed by atoms with E-state index in [1.54, 1.807) is 7.11 Å². The Labute approximate surface area is 117 Å². The van der Waals surface area contributed by atoms with Gasteiger partial charge < -0.3 is 9.57 Å². The molecule has 0 unspecified atom stereocenters. The van der Waals surface area contributed by atoms with Crippen LogP contribution in [-0.4, -0.2) is 13.7 Å². The number of nitrogens with two attached hydrogens (primary N) is 1. The molecule has 0 fully saturated rings. The van der Waals surface area contributed by atoms with Crippen LogP contribution in [0.25, 0.3) is 0 Å². The number of hydrogen-bond donors (Lipinski definition) is 1. The Hall–Kier alpha value is -0.580. The quantitative estimate of drug-likeness (QED) is 0.686. The van der Waals surface area contributed by atoms with E-state index in [0.29, 0.717) is 6.61 Å². The van der Waals surface area contributed by atoms with Crippen LogP contribution in [0.15, 0.2) is 10.5 Å². The number of fused-ring (bicyclic) bond motifs is 1. The van der Waals surface area contributed by atoms with Crippen molar-refractivity contribution in [3.8, 4) is 5.75 Å². The Balaban J connectivity index is 2.46. The maximum Gasteiger partial charge on any atom is 0.136 e. The summed E-state index contributed by atoms with van der Waals surface area (Å²) >= 11 is 3.61. The Morgan fingerprint density at radius 3 is 2.78 bits per heavy atom. The van der Waals surface area contributed by atoms with Gasteiger partial charge in [0.05, 0.1) is 18.2 Å². The van der Waals surface area contributed by atoms with Gasteiger partial charge >= 0.3 is 0 Å². The number of halogens is 1. The summed E-state index contributed by atoms with van der Waals surface area (Å²) in [5.41, 5.74) is 4.16. The largest absolute Gasteiger partial charge is 0.495 e. The summed E-state index contributed by atoms with van der Waals surface area (Å²) in [5.74, 6) is 6.10. The van der Waals surface area contributed by atoms with Gasteiger partial charge in [-0.2, -0.15) is 0 Å². The first-order chi connectivity index (χ1) is 8.77. The van der Waals surface area contributed by atoms with Crippen LogP contribution in [-0.2, 0) is 24.1 Å². The maximum absolute atomic E-state index is 5.54. The van der Waals surface area contributed by atoms with Gasteiger partial charge in [-0.1, -0.05) is 6.42 Å². The van der Waals surface area contributed by atoms with E-state index in [2.05, 4.69) is 22.0 Å². The van der Waals surface area contributed by atoms with Crippen molar-refractivity contribution in [2.45, 2.75) is 38.5 Å². The molecule has 0 bridgehead atoms. The zero-order valence-electron chi connectivity index (χ0n) is 10.8. The minimum absolute atomic E-state index is 0.527. The van der Waals surface area contributed by atoms with E-state index in [0.717, 1.165) is 29.5 Å². The van der Waals surface area contributed by atoms with Gasteiger partial charge in [0.15, 0.2) is 0 Å². The average Bonchev–Trinajstić information content (AvgIpc) is 2.60. The SMILES string of the molecule is COc1c(Br)cc2c(c1CCON)CCCCC2. The van der Waals surface area contributed by atoms with Gasteiger partial charge in [-0.25, -0.2) is 5.90 Å². The Morgan fingerprint density at radius 1 is 1.28 bits per heavy atom. The molecule has 2 N–H and O–H groups in total. The van der Waals surface area contributed by atoms with Crippen molar-refractivity contribution in [1.82, 2.24) is 0 Å². The first kappa shape index (κ1) is 13.8. The van der Waals surface area contributed by atoms with Crippen molar-refractivity contribution in [1.29, 1.82) is 0 Å². The van der Waals surface area contributed by atoms with E-state index in [1.807, 2.05) is 0 Å². The highest BCUT2D eigenvalue weighted by atomic mass is 79.9. The summed E-state index contributed by atoms with van der Waals surface area (Å²) in [6.45, 7) is 0.527. The molecular weight excluding hydrogens is 294 g/mol. The number of hydrogen-bond acceptors (Lipinski definition) is 3. The fourth-order valence-corrected chi connectivity index (χ4v) is 3.43. The van der Waals surface area contributed by atoms with Crippen LogP contribution in [0.2, 0.25) is 0 Å². The highest BCUT2D eigenvalue weighted by molar-refractivity contribution is 9.10. The Morgan fingerprint density at radius 2 is 2.06 bits per heavy atom. The van der Waals surface area contributed by atoms with Crippen LogP contribution in [0.4, 0.5) is 0 Å². The normalized spacial score (nSPS) is 15.1. The molecule has 4 heteroatoms. The van der Waals surface area contributed by atoms with Crippen LogP contribution in [0.5, 0.6) is 5.75 Å². The molecule has 0 saturated heterocycles. The highest BCUT2D eigenvalue weighted by Crippen LogP contribution is 2.37. The van der Waals surface area contributed by atoms with Crippen LogP contribution >= 0.6 is 15.9 Å². The molecule has 0 radical (unpaired) electrons. The molecule has 0 amide bonds. The molecule has 0 aromatic heterocycles. The molecule has 100 valence electrons. The predicted octanol–water partition coefficient (Wildman–Crippen LogP) is 3.16. The molecule has 1 aromatic rings. The van der Waals surface area contributed by atoms with Gasteiger partial charge in [0.25, 0.3) is 0 Å². The van der Waals surface area contributed by atoms with E-state index >= 15 is 0 Å². The molecule has 1 aliphatic carbocycles. The van der Waals surface area contributed by atoms with Crippen molar-refractivity contribution in [3.63, 3.8) is 0 Å². The topological polar surface area (TPSA) is 44.5 Å². The van der Waals surface area contributed by atoms with Crippen LogP contribution < -0.4 is 10.6 Å². The molecule has 1 aromatic carbocycles. The minimum Gasteiger partial charge on any atom is -0.495 e. The summed E-state index contributed by atoms with van der Waals surface area (Å²) in [5, 5.41) is 0.